The Labute approximate surface area is 178 Å². The van der Waals surface area contributed by atoms with E-state index in [1.807, 2.05) is 0 Å². The second-order valence-corrected chi connectivity index (χ2v) is 6.77. The Morgan fingerprint density at radius 2 is 0.867 bits per heavy atom. The second-order valence-electron chi connectivity index (χ2n) is 6.77. The summed E-state index contributed by atoms with van der Waals surface area (Å²) < 4.78 is 39.0. The van der Waals surface area contributed by atoms with Crippen LogP contribution in [0.25, 0.3) is 0 Å². The van der Waals surface area contributed by atoms with Crippen molar-refractivity contribution in [2.24, 2.45) is 0 Å². The summed E-state index contributed by atoms with van der Waals surface area (Å²) in [6, 6.07) is 18.1. The molecule has 0 saturated carbocycles. The summed E-state index contributed by atoms with van der Waals surface area (Å²) in [6.07, 6.45) is 0. The number of benzene rings is 2. The lowest BCUT2D eigenvalue weighted by molar-refractivity contribution is -0.757. The molecule has 0 aliphatic carbocycles. The number of nitrogens with zero attached hydrogens (tertiary/aromatic N) is 2. The Hall–Kier alpha value is -2.22. The fourth-order valence-corrected chi connectivity index (χ4v) is 3.50. The van der Waals surface area contributed by atoms with Gasteiger partial charge in [-0.2, -0.15) is 0 Å². The first kappa shape index (κ1) is 25.8. The van der Waals surface area contributed by atoms with Gasteiger partial charge in [-0.25, -0.2) is 0 Å². The molecule has 0 amide bonds. The third-order valence-electron chi connectivity index (χ3n) is 5.04. The summed E-state index contributed by atoms with van der Waals surface area (Å²) in [5.74, 6) is 0. The first-order valence-corrected chi connectivity index (χ1v) is 10.6. The lowest BCUT2D eigenvalue weighted by Gasteiger charge is -2.23. The van der Waals surface area contributed by atoms with E-state index in [1.54, 1.807) is 0 Å². The van der Waals surface area contributed by atoms with Crippen molar-refractivity contribution in [2.75, 3.05) is 42.5 Å². The molecule has 2 rings (SSSR count). The summed E-state index contributed by atoms with van der Waals surface area (Å²) >= 11 is 0. The van der Waals surface area contributed by atoms with Gasteiger partial charge in [0.05, 0.1) is 6.54 Å². The van der Waals surface area contributed by atoms with Gasteiger partial charge in [0, 0.05) is 61.8 Å². The molecule has 0 aromatic heterocycles. The highest BCUT2D eigenvalue weighted by Crippen LogP contribution is 2.19. The molecular weight excluding hydrogens is 393 g/mol. The van der Waals surface area contributed by atoms with E-state index in [9.17, 15) is 17.3 Å². The molecule has 0 aliphatic heterocycles. The Morgan fingerprint density at radius 3 is 1.07 bits per heavy atom. The summed E-state index contributed by atoms with van der Waals surface area (Å²) in [7, 11) is -6.00. The molecule has 8 heteroatoms. The monoisotopic (exact) mass is 427 g/mol. The van der Waals surface area contributed by atoms with Gasteiger partial charge in [0.2, 0.25) is 0 Å². The van der Waals surface area contributed by atoms with Crippen LogP contribution in [0.2, 0.25) is 0 Å². The van der Waals surface area contributed by atoms with Crippen molar-refractivity contribution >= 4 is 30.0 Å². The predicted molar refractivity (Wildman–Crippen MR) is 121 cm³/mol. The normalized spacial score (nSPS) is 11.1. The van der Waals surface area contributed by atoms with Gasteiger partial charge in [-0.3, -0.25) is 4.90 Å². The molecule has 30 heavy (non-hydrogen) atoms. The summed E-state index contributed by atoms with van der Waals surface area (Å²) in [5.41, 5.74) is 5.27. The number of rotatable bonds is 9. The zero-order valence-corrected chi connectivity index (χ0v) is 18.6. The van der Waals surface area contributed by atoms with Gasteiger partial charge in [-0.05, 0) is 58.9 Å². The number of halogens is 4. The lowest BCUT2D eigenvalue weighted by atomic mass is 10.2. The number of hydrogen-bond donors (Lipinski definition) is 1. The molecule has 0 spiro atoms. The van der Waals surface area contributed by atoms with Crippen LogP contribution in [0, 0.1) is 0 Å². The minimum atomic E-state index is -6.00. The van der Waals surface area contributed by atoms with Crippen LogP contribution in [-0.4, -0.2) is 40.0 Å². The molecule has 0 aliphatic rings. The number of nitrogens with one attached hydrogen (secondary N) is 1. The highest BCUT2D eigenvalue weighted by Gasteiger charge is 2.20. The Bertz CT molecular complexity index is 651. The van der Waals surface area contributed by atoms with Crippen molar-refractivity contribution in [3.63, 3.8) is 0 Å². The van der Waals surface area contributed by atoms with Gasteiger partial charge in [0.1, 0.15) is 11.4 Å². The van der Waals surface area contributed by atoms with E-state index in [0.29, 0.717) is 0 Å². The number of quaternary nitrogens is 1. The number of anilines is 2. The molecular formula is C22H34BF4N3. The molecule has 0 bridgehead atoms. The van der Waals surface area contributed by atoms with Crippen molar-refractivity contribution in [2.45, 2.75) is 34.6 Å². The van der Waals surface area contributed by atoms with Crippen LogP contribution in [0.3, 0.4) is 0 Å². The van der Waals surface area contributed by atoms with E-state index < -0.39 is 7.25 Å². The van der Waals surface area contributed by atoms with Crippen LogP contribution in [0.1, 0.15) is 34.6 Å². The lowest BCUT2D eigenvalue weighted by Crippen LogP contribution is -3.01. The third-order valence-corrected chi connectivity index (χ3v) is 5.04. The van der Waals surface area contributed by atoms with E-state index in [1.165, 1.54) is 27.6 Å². The van der Waals surface area contributed by atoms with E-state index in [4.69, 9.17) is 0 Å². The quantitative estimate of drug-likeness (QED) is 0.416. The number of hydrogen-bond acceptors (Lipinski definition) is 2. The molecule has 0 radical (unpaired) electrons. The molecule has 0 saturated heterocycles. The largest absolute Gasteiger partial charge is 0.673 e. The zero-order chi connectivity index (χ0) is 22.7. The van der Waals surface area contributed by atoms with E-state index in [0.717, 1.165) is 32.7 Å². The molecule has 2 aromatic rings. The zero-order valence-electron chi connectivity index (χ0n) is 18.6. The standard InChI is InChI=1S/C22H33N3.BF4/c1-6-23(7-2)19-11-15-21(16-12-19)25(10-5)22-17-13-20(14-18-22)24(8-3)9-4;2-1(3,4)5/h11-18H,6-10H2,1-5H3;/q;-1/p+1. The van der Waals surface area contributed by atoms with E-state index in [-0.39, 0.29) is 0 Å². The molecule has 0 fully saturated rings. The van der Waals surface area contributed by atoms with Crippen molar-refractivity contribution in [3.05, 3.63) is 48.5 Å². The Morgan fingerprint density at radius 1 is 0.600 bits per heavy atom. The van der Waals surface area contributed by atoms with Crippen LogP contribution in [-0.2, 0) is 0 Å². The van der Waals surface area contributed by atoms with Crippen LogP contribution >= 0.6 is 0 Å². The fraction of sp³-hybridized carbons (Fsp3) is 0.455. The average Bonchev–Trinajstić information content (AvgIpc) is 2.71. The van der Waals surface area contributed by atoms with Crippen molar-refractivity contribution in [1.29, 1.82) is 0 Å². The summed E-state index contributed by atoms with van der Waals surface area (Å²) in [5, 5.41) is 0. The van der Waals surface area contributed by atoms with Crippen molar-refractivity contribution in [1.82, 2.24) is 0 Å². The van der Waals surface area contributed by atoms with Gasteiger partial charge < -0.3 is 27.1 Å². The van der Waals surface area contributed by atoms with Crippen molar-refractivity contribution < 1.29 is 22.2 Å². The second kappa shape index (κ2) is 12.5. The Balaban J connectivity index is 0.000000804. The van der Waals surface area contributed by atoms with Gasteiger partial charge in [-0.1, -0.05) is 0 Å². The maximum Gasteiger partial charge on any atom is 0.673 e. The van der Waals surface area contributed by atoms with Gasteiger partial charge >= 0.3 is 7.25 Å². The molecule has 0 atom stereocenters. The van der Waals surface area contributed by atoms with Gasteiger partial charge in [0.15, 0.2) is 0 Å². The van der Waals surface area contributed by atoms with Crippen LogP contribution in [0.5, 0.6) is 0 Å². The molecule has 2 aromatic carbocycles. The van der Waals surface area contributed by atoms with Crippen LogP contribution < -0.4 is 14.7 Å². The minimum absolute atomic E-state index is 1.04. The molecule has 168 valence electrons. The van der Waals surface area contributed by atoms with Crippen LogP contribution in [0.15, 0.2) is 48.5 Å². The first-order chi connectivity index (χ1) is 14.2. The molecule has 0 unspecified atom stereocenters. The predicted octanol–water partition coefficient (Wildman–Crippen LogP) is 5.55. The van der Waals surface area contributed by atoms with Crippen molar-refractivity contribution in [3.8, 4) is 0 Å². The Kier molecular flexibility index (Phi) is 10.7. The average molecular weight is 427 g/mol. The smallest absolute Gasteiger partial charge is 0.418 e. The van der Waals surface area contributed by atoms with Gasteiger partial charge in [0.25, 0.3) is 0 Å². The third kappa shape index (κ3) is 8.26. The topological polar surface area (TPSA) is 10.9 Å². The summed E-state index contributed by atoms with van der Waals surface area (Å²) in [4.78, 5) is 6.18. The SMILES string of the molecule is CCN(CC)c1ccc([NH+](CC)c2ccc(N(CC)CC)cc2)cc1.F[B-](F)(F)F. The maximum absolute atomic E-state index is 9.75. The summed E-state index contributed by atoms with van der Waals surface area (Å²) in [6.45, 7) is 16.3. The van der Waals surface area contributed by atoms with Gasteiger partial charge in [-0.15, -0.1) is 0 Å². The highest BCUT2D eigenvalue weighted by molar-refractivity contribution is 6.50. The maximum atomic E-state index is 9.75. The first-order valence-electron chi connectivity index (χ1n) is 10.6. The fourth-order valence-electron chi connectivity index (χ4n) is 3.50. The molecule has 0 heterocycles. The minimum Gasteiger partial charge on any atom is -0.418 e. The van der Waals surface area contributed by atoms with Crippen LogP contribution in [0.4, 0.5) is 40.0 Å². The molecule has 1 N–H and O–H groups in total. The highest BCUT2D eigenvalue weighted by atomic mass is 19.5. The van der Waals surface area contributed by atoms with E-state index in [2.05, 4.69) is 92.9 Å². The van der Waals surface area contributed by atoms with E-state index >= 15 is 0 Å². The molecule has 3 nitrogen and oxygen atoms in total.